The molecule has 0 aromatic heterocycles. The molecule has 0 radical (unpaired) electrons. The van der Waals surface area contributed by atoms with Crippen molar-refractivity contribution >= 4 is 34.8 Å². The molecule has 2 aliphatic heterocycles. The van der Waals surface area contributed by atoms with Crippen LogP contribution in [0.1, 0.15) is 12.5 Å². The number of carbonyl (C=O) groups excluding carboxylic acids is 2. The van der Waals surface area contributed by atoms with Crippen LogP contribution < -0.4 is 10.2 Å². The van der Waals surface area contributed by atoms with Gasteiger partial charge in [-0.3, -0.25) is 19.8 Å². The fraction of sp³-hybridized carbons (Fsp3) is 0.267. The topological polar surface area (TPSA) is 52.7 Å². The van der Waals surface area contributed by atoms with E-state index in [1.54, 1.807) is 6.20 Å². The number of thiocarbonyl (C=S) groups is 1. The van der Waals surface area contributed by atoms with E-state index in [0.717, 1.165) is 18.7 Å². The van der Waals surface area contributed by atoms with Crippen molar-refractivity contribution in [2.75, 3.05) is 18.0 Å². The van der Waals surface area contributed by atoms with E-state index in [-0.39, 0.29) is 16.6 Å². The molecule has 1 N–H and O–H groups in total. The van der Waals surface area contributed by atoms with Gasteiger partial charge in [-0.25, -0.2) is 0 Å². The third-order valence-corrected chi connectivity index (χ3v) is 4.03. The molecule has 0 bridgehead atoms. The molecule has 0 aliphatic carbocycles. The summed E-state index contributed by atoms with van der Waals surface area (Å²) in [5.41, 5.74) is 2.39. The van der Waals surface area contributed by atoms with Gasteiger partial charge in [-0.1, -0.05) is 18.2 Å². The highest BCUT2D eigenvalue weighted by atomic mass is 32.1. The normalized spacial score (nSPS) is 20.0. The van der Waals surface area contributed by atoms with E-state index in [1.807, 2.05) is 30.0 Å². The Labute approximate surface area is 128 Å². The summed E-state index contributed by atoms with van der Waals surface area (Å²) in [6.07, 6.45) is 2.54. The summed E-state index contributed by atoms with van der Waals surface area (Å²) in [5, 5.41) is 2.73. The van der Waals surface area contributed by atoms with Crippen LogP contribution in [0.2, 0.25) is 0 Å². The van der Waals surface area contributed by atoms with Gasteiger partial charge in [0.05, 0.1) is 0 Å². The third kappa shape index (κ3) is 2.31. The van der Waals surface area contributed by atoms with Crippen LogP contribution in [0.3, 0.4) is 0 Å². The van der Waals surface area contributed by atoms with Crippen molar-refractivity contribution in [1.82, 2.24) is 10.2 Å². The Balaban J connectivity index is 1.94. The number of nitrogens with one attached hydrogen (secondary N) is 1. The van der Waals surface area contributed by atoms with Crippen LogP contribution in [0, 0.1) is 0 Å². The summed E-state index contributed by atoms with van der Waals surface area (Å²) in [5.74, 6) is -0.769. The number of benzene rings is 1. The molecule has 1 aromatic rings. The lowest BCUT2D eigenvalue weighted by Gasteiger charge is -2.28. The number of nitrogens with zero attached hydrogens (tertiary/aromatic N) is 2. The van der Waals surface area contributed by atoms with Crippen LogP contribution in [0.5, 0.6) is 0 Å². The first-order valence-electron chi connectivity index (χ1n) is 6.85. The Morgan fingerprint density at radius 3 is 2.86 bits per heavy atom. The van der Waals surface area contributed by atoms with Crippen molar-refractivity contribution in [2.24, 2.45) is 0 Å². The molecule has 0 atom stereocenters. The second-order valence-corrected chi connectivity index (χ2v) is 5.31. The Hall–Kier alpha value is -2.21. The SMILES string of the molecule is CCN1C(=O)C(=CN2CCc3ccccc32)C(=O)NC1=S. The van der Waals surface area contributed by atoms with Crippen LogP contribution in [-0.4, -0.2) is 34.9 Å². The number of hydrogen-bond donors (Lipinski definition) is 1. The molecule has 1 fully saturated rings. The van der Waals surface area contributed by atoms with Crippen molar-refractivity contribution < 1.29 is 9.59 Å². The van der Waals surface area contributed by atoms with Gasteiger partial charge in [0, 0.05) is 25.0 Å². The zero-order valence-electron chi connectivity index (χ0n) is 11.6. The van der Waals surface area contributed by atoms with E-state index in [4.69, 9.17) is 12.2 Å². The number of anilines is 1. The molecule has 108 valence electrons. The average molecular weight is 301 g/mol. The minimum absolute atomic E-state index is 0.127. The molecule has 3 rings (SSSR count). The fourth-order valence-corrected chi connectivity index (χ4v) is 2.93. The molecule has 2 heterocycles. The van der Waals surface area contributed by atoms with Crippen molar-refractivity contribution in [3.63, 3.8) is 0 Å². The number of para-hydroxylation sites is 1. The summed E-state index contributed by atoms with van der Waals surface area (Å²) in [7, 11) is 0. The first-order valence-corrected chi connectivity index (χ1v) is 7.26. The van der Waals surface area contributed by atoms with Crippen molar-refractivity contribution in [3.05, 3.63) is 41.6 Å². The number of hydrogen-bond acceptors (Lipinski definition) is 4. The zero-order chi connectivity index (χ0) is 15.0. The lowest BCUT2D eigenvalue weighted by Crippen LogP contribution is -2.54. The van der Waals surface area contributed by atoms with Gasteiger partial charge < -0.3 is 4.90 Å². The van der Waals surface area contributed by atoms with Gasteiger partial charge in [-0.05, 0) is 37.2 Å². The maximum absolute atomic E-state index is 12.4. The van der Waals surface area contributed by atoms with E-state index in [0.29, 0.717) is 6.54 Å². The second kappa shape index (κ2) is 5.29. The van der Waals surface area contributed by atoms with E-state index < -0.39 is 5.91 Å². The van der Waals surface area contributed by atoms with Gasteiger partial charge in [0.15, 0.2) is 5.11 Å². The monoisotopic (exact) mass is 301 g/mol. The molecule has 2 amide bonds. The molecule has 2 aliphatic rings. The predicted molar refractivity (Wildman–Crippen MR) is 83.7 cm³/mol. The smallest absolute Gasteiger partial charge is 0.267 e. The highest BCUT2D eigenvalue weighted by Gasteiger charge is 2.33. The zero-order valence-corrected chi connectivity index (χ0v) is 12.4. The van der Waals surface area contributed by atoms with Gasteiger partial charge in [-0.15, -0.1) is 0 Å². The third-order valence-electron chi connectivity index (χ3n) is 3.71. The van der Waals surface area contributed by atoms with Crippen LogP contribution >= 0.6 is 12.2 Å². The maximum Gasteiger partial charge on any atom is 0.267 e. The van der Waals surface area contributed by atoms with Gasteiger partial charge in [0.25, 0.3) is 11.8 Å². The van der Waals surface area contributed by atoms with E-state index in [2.05, 4.69) is 11.4 Å². The molecule has 5 nitrogen and oxygen atoms in total. The highest BCUT2D eigenvalue weighted by Crippen LogP contribution is 2.28. The number of carbonyl (C=O) groups is 2. The largest absolute Gasteiger partial charge is 0.346 e. The van der Waals surface area contributed by atoms with Crippen LogP contribution in [0.4, 0.5) is 5.69 Å². The first-order chi connectivity index (χ1) is 10.1. The maximum atomic E-state index is 12.4. The van der Waals surface area contributed by atoms with Crippen molar-refractivity contribution in [3.8, 4) is 0 Å². The van der Waals surface area contributed by atoms with Gasteiger partial charge >= 0.3 is 0 Å². The quantitative estimate of drug-likeness (QED) is 0.506. The minimum atomic E-state index is -0.431. The lowest BCUT2D eigenvalue weighted by molar-refractivity contribution is -0.128. The molecule has 0 unspecified atom stereocenters. The van der Waals surface area contributed by atoms with E-state index >= 15 is 0 Å². The van der Waals surface area contributed by atoms with Gasteiger partial charge in [-0.2, -0.15) is 0 Å². The fourth-order valence-electron chi connectivity index (χ4n) is 2.62. The molecule has 1 aromatic carbocycles. The molecule has 0 spiro atoms. The molecular formula is C15H15N3O2S. The van der Waals surface area contributed by atoms with E-state index in [9.17, 15) is 9.59 Å². The van der Waals surface area contributed by atoms with Crippen molar-refractivity contribution in [2.45, 2.75) is 13.3 Å². The Kier molecular flexibility index (Phi) is 3.47. The number of likely N-dealkylation sites (N-methyl/N-ethyl adjacent to an activating group) is 1. The summed E-state index contributed by atoms with van der Waals surface area (Å²) in [4.78, 5) is 27.7. The van der Waals surface area contributed by atoms with Crippen LogP contribution in [0.25, 0.3) is 0 Å². The first kappa shape index (κ1) is 13.8. The summed E-state index contributed by atoms with van der Waals surface area (Å²) in [6.45, 7) is 3.02. The van der Waals surface area contributed by atoms with Crippen LogP contribution in [0.15, 0.2) is 36.0 Å². The molecular weight excluding hydrogens is 286 g/mol. The Bertz CT molecular complexity index is 669. The second-order valence-electron chi connectivity index (χ2n) is 4.92. The van der Waals surface area contributed by atoms with Gasteiger partial charge in [0.1, 0.15) is 5.57 Å². The molecule has 21 heavy (non-hydrogen) atoms. The summed E-state index contributed by atoms with van der Waals surface area (Å²) in [6, 6.07) is 7.99. The predicted octanol–water partition coefficient (Wildman–Crippen LogP) is 1.20. The number of amides is 2. The average Bonchev–Trinajstić information content (AvgIpc) is 2.87. The highest BCUT2D eigenvalue weighted by molar-refractivity contribution is 7.80. The summed E-state index contributed by atoms with van der Waals surface area (Å²) < 4.78 is 0. The lowest BCUT2D eigenvalue weighted by atomic mass is 10.1. The van der Waals surface area contributed by atoms with Crippen molar-refractivity contribution in [1.29, 1.82) is 0 Å². The summed E-state index contributed by atoms with van der Waals surface area (Å²) >= 11 is 5.01. The standard InChI is InChI=1S/C15H15N3O2S/c1-2-18-14(20)11(13(19)16-15(18)21)9-17-8-7-10-5-3-4-6-12(10)17/h3-6,9H,2,7-8H2,1H3,(H,16,19,21). The van der Waals surface area contributed by atoms with Crippen LogP contribution in [-0.2, 0) is 16.0 Å². The molecule has 6 heteroatoms. The minimum Gasteiger partial charge on any atom is -0.346 e. The molecule has 0 saturated carbocycles. The number of fused-ring (bicyclic) bond motifs is 1. The Morgan fingerprint density at radius 1 is 1.33 bits per heavy atom. The van der Waals surface area contributed by atoms with E-state index in [1.165, 1.54) is 10.5 Å². The van der Waals surface area contributed by atoms with Gasteiger partial charge in [0.2, 0.25) is 0 Å². The number of rotatable bonds is 2. The molecule has 1 saturated heterocycles. The Morgan fingerprint density at radius 2 is 2.10 bits per heavy atom.